The Bertz CT molecular complexity index is 394. The van der Waals surface area contributed by atoms with Gasteiger partial charge in [0.05, 0.1) is 12.6 Å². The first-order valence-corrected chi connectivity index (χ1v) is 6.91. The van der Waals surface area contributed by atoms with Crippen LogP contribution in [0.15, 0.2) is 30.3 Å². The Kier molecular flexibility index (Phi) is 5.36. The fourth-order valence-electron chi connectivity index (χ4n) is 2.23. The van der Waals surface area contributed by atoms with Gasteiger partial charge in [-0.05, 0) is 18.9 Å². The van der Waals surface area contributed by atoms with Crippen molar-refractivity contribution in [2.24, 2.45) is 0 Å². The highest BCUT2D eigenvalue weighted by Gasteiger charge is 2.23. The maximum Gasteiger partial charge on any atom is 0.239 e. The molecule has 1 aromatic carbocycles. The molecule has 1 atom stereocenters. The van der Waals surface area contributed by atoms with Crippen LogP contribution in [-0.2, 0) is 16.1 Å². The molecular weight excluding hydrogens is 240 g/mol. The van der Waals surface area contributed by atoms with E-state index in [4.69, 9.17) is 4.74 Å². The lowest BCUT2D eigenvalue weighted by atomic mass is 10.2. The first-order chi connectivity index (χ1) is 9.27. The van der Waals surface area contributed by atoms with Crippen LogP contribution in [0, 0.1) is 0 Å². The number of nitrogens with one attached hydrogen (secondary N) is 1. The molecule has 2 rings (SSSR count). The summed E-state index contributed by atoms with van der Waals surface area (Å²) in [5.41, 5.74) is 1.19. The van der Waals surface area contributed by atoms with Crippen LogP contribution in [0.3, 0.4) is 0 Å². The minimum absolute atomic E-state index is 0.0426. The number of carbonyl (C=O) groups is 1. The average molecular weight is 262 g/mol. The summed E-state index contributed by atoms with van der Waals surface area (Å²) in [6.45, 7) is 5.74. The summed E-state index contributed by atoms with van der Waals surface area (Å²) < 4.78 is 5.62. The molecule has 0 unspecified atom stereocenters. The van der Waals surface area contributed by atoms with Gasteiger partial charge in [0.25, 0.3) is 0 Å². The van der Waals surface area contributed by atoms with E-state index in [1.165, 1.54) is 5.56 Å². The molecular formula is C15H22N2O2. The van der Waals surface area contributed by atoms with Gasteiger partial charge in [-0.15, -0.1) is 0 Å². The Morgan fingerprint density at radius 3 is 2.95 bits per heavy atom. The first-order valence-electron chi connectivity index (χ1n) is 6.91. The van der Waals surface area contributed by atoms with Gasteiger partial charge in [-0.1, -0.05) is 30.3 Å². The van der Waals surface area contributed by atoms with E-state index >= 15 is 0 Å². The van der Waals surface area contributed by atoms with Crippen LogP contribution >= 0.6 is 0 Å². The minimum Gasteiger partial charge on any atom is -0.377 e. The quantitative estimate of drug-likeness (QED) is 0.788. The topological polar surface area (TPSA) is 41.6 Å². The zero-order chi connectivity index (χ0) is 13.5. The van der Waals surface area contributed by atoms with Crippen molar-refractivity contribution in [2.75, 3.05) is 26.2 Å². The minimum atomic E-state index is -0.0426. The maximum absolute atomic E-state index is 11.8. The zero-order valence-corrected chi connectivity index (χ0v) is 11.5. The van der Waals surface area contributed by atoms with Crippen molar-refractivity contribution in [3.8, 4) is 0 Å². The highest BCUT2D eigenvalue weighted by atomic mass is 16.5. The third-order valence-corrected chi connectivity index (χ3v) is 3.34. The van der Waals surface area contributed by atoms with Crippen LogP contribution in [-0.4, -0.2) is 43.1 Å². The number of amides is 1. The fraction of sp³-hybridized carbons (Fsp3) is 0.533. The largest absolute Gasteiger partial charge is 0.377 e. The molecule has 1 heterocycles. The van der Waals surface area contributed by atoms with Gasteiger partial charge in [0.15, 0.2) is 0 Å². The Hall–Kier alpha value is -1.39. The monoisotopic (exact) mass is 262 g/mol. The predicted molar refractivity (Wildman–Crippen MR) is 74.8 cm³/mol. The molecule has 1 fully saturated rings. The van der Waals surface area contributed by atoms with Gasteiger partial charge in [0, 0.05) is 26.2 Å². The lowest BCUT2D eigenvalue weighted by Gasteiger charge is -2.31. The molecule has 0 aliphatic carbocycles. The number of benzene rings is 1. The lowest BCUT2D eigenvalue weighted by molar-refractivity contribution is -0.135. The molecule has 1 aliphatic rings. The Morgan fingerprint density at radius 2 is 2.16 bits per heavy atom. The van der Waals surface area contributed by atoms with Gasteiger partial charge in [0.2, 0.25) is 5.91 Å². The van der Waals surface area contributed by atoms with E-state index in [0.29, 0.717) is 13.2 Å². The Balaban J connectivity index is 1.60. The molecule has 0 saturated carbocycles. The van der Waals surface area contributed by atoms with Crippen molar-refractivity contribution in [3.63, 3.8) is 0 Å². The predicted octanol–water partition coefficient (Wildman–Crippen LogP) is 1.41. The van der Waals surface area contributed by atoms with E-state index in [-0.39, 0.29) is 11.9 Å². The first kappa shape index (κ1) is 14.0. The molecule has 4 heteroatoms. The molecule has 19 heavy (non-hydrogen) atoms. The molecule has 0 aromatic heterocycles. The highest BCUT2D eigenvalue weighted by molar-refractivity contribution is 5.82. The summed E-state index contributed by atoms with van der Waals surface area (Å²) >= 11 is 0. The van der Waals surface area contributed by atoms with Gasteiger partial charge in [0.1, 0.15) is 0 Å². The summed E-state index contributed by atoms with van der Waals surface area (Å²) in [6.07, 6.45) is 0.894. The summed E-state index contributed by atoms with van der Waals surface area (Å²) in [6, 6.07) is 10.1. The Morgan fingerprint density at radius 1 is 1.37 bits per heavy atom. The normalized spacial score (nSPS) is 19.7. The van der Waals surface area contributed by atoms with Crippen LogP contribution in [0.2, 0.25) is 0 Å². The second-order valence-corrected chi connectivity index (χ2v) is 4.89. The van der Waals surface area contributed by atoms with Crippen LogP contribution in [0.25, 0.3) is 0 Å². The maximum atomic E-state index is 11.8. The van der Waals surface area contributed by atoms with Crippen molar-refractivity contribution in [1.29, 1.82) is 0 Å². The molecule has 1 amide bonds. The lowest BCUT2D eigenvalue weighted by Crippen LogP contribution is -2.53. The zero-order valence-electron chi connectivity index (χ0n) is 11.5. The van der Waals surface area contributed by atoms with Gasteiger partial charge >= 0.3 is 0 Å². The van der Waals surface area contributed by atoms with Crippen LogP contribution in [0.1, 0.15) is 18.9 Å². The second-order valence-electron chi connectivity index (χ2n) is 4.89. The molecule has 0 spiro atoms. The van der Waals surface area contributed by atoms with Crippen molar-refractivity contribution >= 4 is 5.91 Å². The Labute approximate surface area is 114 Å². The molecule has 1 aromatic rings. The third-order valence-electron chi connectivity index (χ3n) is 3.34. The second kappa shape index (κ2) is 7.26. The molecule has 1 N–H and O–H groups in total. The molecule has 1 saturated heterocycles. The van der Waals surface area contributed by atoms with E-state index in [0.717, 1.165) is 26.1 Å². The van der Waals surface area contributed by atoms with Crippen molar-refractivity contribution < 1.29 is 9.53 Å². The van der Waals surface area contributed by atoms with Crippen LogP contribution in [0.5, 0.6) is 0 Å². The average Bonchev–Trinajstić information content (AvgIpc) is 2.44. The van der Waals surface area contributed by atoms with Gasteiger partial charge in [-0.2, -0.15) is 0 Å². The smallest absolute Gasteiger partial charge is 0.239 e. The number of hydrogen-bond acceptors (Lipinski definition) is 3. The van der Waals surface area contributed by atoms with E-state index in [1.807, 2.05) is 30.0 Å². The molecule has 4 nitrogen and oxygen atoms in total. The summed E-state index contributed by atoms with van der Waals surface area (Å²) in [7, 11) is 0. The van der Waals surface area contributed by atoms with E-state index in [2.05, 4.69) is 17.4 Å². The third kappa shape index (κ3) is 4.33. The van der Waals surface area contributed by atoms with Crippen molar-refractivity contribution in [3.05, 3.63) is 35.9 Å². The van der Waals surface area contributed by atoms with E-state index in [9.17, 15) is 4.79 Å². The summed E-state index contributed by atoms with van der Waals surface area (Å²) in [4.78, 5) is 13.8. The van der Waals surface area contributed by atoms with Crippen LogP contribution in [0.4, 0.5) is 0 Å². The number of hydrogen-bond donors (Lipinski definition) is 1. The number of piperazine rings is 1. The number of ether oxygens (including phenoxy) is 1. The standard InChI is InChI=1S/C15H22N2O2/c1-13-15(18)17(10-8-16-13)9-5-11-19-12-14-6-3-2-4-7-14/h2-4,6-7,13,16H,5,8-12H2,1H3/t13-/m0/s1. The van der Waals surface area contributed by atoms with Gasteiger partial charge in [-0.3, -0.25) is 4.79 Å². The van der Waals surface area contributed by atoms with Crippen molar-refractivity contribution in [1.82, 2.24) is 10.2 Å². The number of rotatable bonds is 6. The molecule has 0 bridgehead atoms. The fourth-order valence-corrected chi connectivity index (χ4v) is 2.23. The van der Waals surface area contributed by atoms with E-state index < -0.39 is 0 Å². The highest BCUT2D eigenvalue weighted by Crippen LogP contribution is 2.04. The van der Waals surface area contributed by atoms with Gasteiger partial charge < -0.3 is 15.0 Å². The summed E-state index contributed by atoms with van der Waals surface area (Å²) in [5.74, 6) is 0.203. The summed E-state index contributed by atoms with van der Waals surface area (Å²) in [5, 5.41) is 3.16. The van der Waals surface area contributed by atoms with Crippen LogP contribution < -0.4 is 5.32 Å². The molecule has 104 valence electrons. The number of carbonyl (C=O) groups excluding carboxylic acids is 1. The number of nitrogens with zero attached hydrogens (tertiary/aromatic N) is 1. The van der Waals surface area contributed by atoms with Gasteiger partial charge in [-0.25, -0.2) is 0 Å². The molecule has 0 radical (unpaired) electrons. The molecule has 1 aliphatic heterocycles. The SMILES string of the molecule is C[C@@H]1NCCN(CCCOCc2ccccc2)C1=O. The van der Waals surface area contributed by atoms with Crippen molar-refractivity contribution in [2.45, 2.75) is 26.0 Å². The van der Waals surface area contributed by atoms with E-state index in [1.54, 1.807) is 0 Å².